The fourth-order valence-corrected chi connectivity index (χ4v) is 10.1. The van der Waals surface area contributed by atoms with E-state index in [-0.39, 0.29) is 19.1 Å². The van der Waals surface area contributed by atoms with Crippen LogP contribution in [0.15, 0.2) is 0 Å². The highest BCUT2D eigenvalue weighted by atomic mass is 31.2. The van der Waals surface area contributed by atoms with E-state index in [4.69, 9.17) is 9.05 Å². The first-order valence-electron chi connectivity index (χ1n) is 29.9. The van der Waals surface area contributed by atoms with E-state index in [1.54, 1.807) is 0 Å². The number of phosphoric acid groups is 1. The largest absolute Gasteiger partial charge is 0.472 e. The SMILES string of the molecule is CCCCCCCCCCCCCCCCCCCCCCCCCCCCCCCCC(=O)N[C@@H](COP(=O)(O)OCC[N+](C)(C)C)[C@H](O)CCCCCCCCCCCCCCCCC. The molecule has 9 heteroatoms. The van der Waals surface area contributed by atoms with Gasteiger partial charge in [0, 0.05) is 6.42 Å². The number of likely N-dealkylation sites (N-methyl/N-ethyl adjacent to an activating group) is 1. The molecule has 1 amide bonds. The van der Waals surface area contributed by atoms with Gasteiger partial charge >= 0.3 is 7.82 Å². The molecule has 0 fully saturated rings. The summed E-state index contributed by atoms with van der Waals surface area (Å²) in [6.07, 6.45) is 60.3. The van der Waals surface area contributed by atoms with Crippen LogP contribution in [0.4, 0.5) is 0 Å². The number of aliphatic hydroxyl groups excluding tert-OH is 1. The van der Waals surface area contributed by atoms with Gasteiger partial charge in [0.1, 0.15) is 13.2 Å². The highest BCUT2D eigenvalue weighted by Crippen LogP contribution is 2.43. The number of quaternary nitrogens is 1. The molecule has 0 bridgehead atoms. The molecule has 0 aliphatic rings. The van der Waals surface area contributed by atoms with Crippen LogP contribution in [-0.2, 0) is 18.4 Å². The number of amides is 1. The molecule has 0 spiro atoms. The second-order valence-corrected chi connectivity index (χ2v) is 23.5. The van der Waals surface area contributed by atoms with Crippen LogP contribution in [-0.4, -0.2) is 73.4 Å². The van der Waals surface area contributed by atoms with Crippen LogP contribution in [0, 0.1) is 0 Å². The Morgan fingerprint density at radius 2 is 0.716 bits per heavy atom. The number of phosphoric ester groups is 1. The Morgan fingerprint density at radius 1 is 0.448 bits per heavy atom. The topological polar surface area (TPSA) is 105 Å². The van der Waals surface area contributed by atoms with E-state index < -0.39 is 20.0 Å². The predicted molar refractivity (Wildman–Crippen MR) is 291 cm³/mol. The van der Waals surface area contributed by atoms with Crippen molar-refractivity contribution in [1.82, 2.24) is 5.32 Å². The summed E-state index contributed by atoms with van der Waals surface area (Å²) in [7, 11) is 1.64. The summed E-state index contributed by atoms with van der Waals surface area (Å²) in [5, 5.41) is 14.1. The smallest absolute Gasteiger partial charge is 0.391 e. The minimum Gasteiger partial charge on any atom is -0.391 e. The van der Waals surface area contributed by atoms with Crippen molar-refractivity contribution >= 4 is 13.7 Å². The number of hydrogen-bond donors (Lipinski definition) is 3. The standard InChI is InChI=1S/C58H119N2O6P/c1-6-8-10-12-14-16-18-20-22-23-24-25-26-27-28-29-30-31-32-33-34-35-36-38-40-42-44-46-48-50-52-58(62)59-56(55-66-67(63,64)65-54-53-60(3,4)5)57(61)51-49-47-45-43-41-39-37-21-19-17-15-13-11-9-7-2/h56-57,61H,6-55H2,1-5H3,(H-,59,62,63,64)/p+1/t56-,57+/m0/s1. The van der Waals surface area contributed by atoms with Crippen LogP contribution in [0.25, 0.3) is 0 Å². The number of aliphatic hydroxyl groups is 1. The van der Waals surface area contributed by atoms with Crippen LogP contribution in [0.3, 0.4) is 0 Å². The monoisotopic (exact) mass is 972 g/mol. The third-order valence-corrected chi connectivity index (χ3v) is 15.1. The highest BCUT2D eigenvalue weighted by Gasteiger charge is 2.28. The average molecular weight is 973 g/mol. The lowest BCUT2D eigenvalue weighted by molar-refractivity contribution is -0.870. The van der Waals surface area contributed by atoms with Gasteiger partial charge in [0.05, 0.1) is 39.9 Å². The zero-order chi connectivity index (χ0) is 49.2. The number of nitrogens with one attached hydrogen (secondary N) is 1. The summed E-state index contributed by atoms with van der Waals surface area (Å²) in [4.78, 5) is 23.3. The zero-order valence-electron chi connectivity index (χ0n) is 45.9. The van der Waals surface area contributed by atoms with Gasteiger partial charge < -0.3 is 19.8 Å². The molecule has 0 aliphatic heterocycles. The molecular formula is C58H120N2O6P+. The maximum atomic E-state index is 13.0. The fourth-order valence-electron chi connectivity index (χ4n) is 9.40. The molecule has 0 aromatic carbocycles. The number of carbonyl (C=O) groups excluding carboxylic acids is 1. The highest BCUT2D eigenvalue weighted by molar-refractivity contribution is 7.47. The summed E-state index contributed by atoms with van der Waals surface area (Å²) in [6, 6.07) is -0.754. The van der Waals surface area contributed by atoms with Crippen molar-refractivity contribution in [3.8, 4) is 0 Å². The average Bonchev–Trinajstić information content (AvgIpc) is 3.29. The minimum atomic E-state index is -4.32. The maximum Gasteiger partial charge on any atom is 0.472 e. The lowest BCUT2D eigenvalue weighted by Crippen LogP contribution is -2.46. The van der Waals surface area contributed by atoms with Gasteiger partial charge in [-0.2, -0.15) is 0 Å². The van der Waals surface area contributed by atoms with Crippen LogP contribution < -0.4 is 5.32 Å². The van der Waals surface area contributed by atoms with E-state index in [1.165, 1.54) is 250 Å². The van der Waals surface area contributed by atoms with Gasteiger partial charge in [0.25, 0.3) is 0 Å². The predicted octanol–water partition coefficient (Wildman–Crippen LogP) is 18.0. The van der Waals surface area contributed by atoms with Crippen molar-refractivity contribution in [3.63, 3.8) is 0 Å². The molecule has 0 rings (SSSR count). The zero-order valence-corrected chi connectivity index (χ0v) is 46.8. The lowest BCUT2D eigenvalue weighted by atomic mass is 10.0. The van der Waals surface area contributed by atoms with Gasteiger partial charge in [-0.25, -0.2) is 4.57 Å². The molecule has 1 unspecified atom stereocenters. The van der Waals surface area contributed by atoms with Gasteiger partial charge in [-0.15, -0.1) is 0 Å². The van der Waals surface area contributed by atoms with E-state index in [2.05, 4.69) is 19.2 Å². The number of unbranched alkanes of at least 4 members (excludes halogenated alkanes) is 43. The molecule has 3 N–H and O–H groups in total. The lowest BCUT2D eigenvalue weighted by Gasteiger charge is -2.26. The third-order valence-electron chi connectivity index (χ3n) is 14.1. The van der Waals surface area contributed by atoms with Gasteiger partial charge in [-0.3, -0.25) is 13.8 Å². The van der Waals surface area contributed by atoms with Crippen molar-refractivity contribution in [2.45, 2.75) is 328 Å². The van der Waals surface area contributed by atoms with E-state index >= 15 is 0 Å². The first-order chi connectivity index (χ1) is 32.5. The van der Waals surface area contributed by atoms with Crippen LogP contribution in [0.1, 0.15) is 316 Å². The van der Waals surface area contributed by atoms with Gasteiger partial charge in [-0.05, 0) is 12.8 Å². The molecule has 3 atom stereocenters. The number of rotatable bonds is 56. The molecule has 0 aromatic heterocycles. The molecule has 0 radical (unpaired) electrons. The van der Waals surface area contributed by atoms with Crippen molar-refractivity contribution in [2.24, 2.45) is 0 Å². The molecule has 67 heavy (non-hydrogen) atoms. The van der Waals surface area contributed by atoms with E-state index in [0.717, 1.165) is 38.5 Å². The summed E-state index contributed by atoms with van der Waals surface area (Å²) in [6.45, 7) is 4.94. The van der Waals surface area contributed by atoms with Gasteiger partial charge in [-0.1, -0.05) is 296 Å². The summed E-state index contributed by atoms with van der Waals surface area (Å²) in [5.41, 5.74) is 0. The van der Waals surface area contributed by atoms with Gasteiger partial charge in [0.2, 0.25) is 5.91 Å². The number of hydrogen-bond acceptors (Lipinski definition) is 5. The quantitative estimate of drug-likeness (QED) is 0.0319. The Morgan fingerprint density at radius 3 is 1.00 bits per heavy atom. The first-order valence-corrected chi connectivity index (χ1v) is 31.4. The van der Waals surface area contributed by atoms with Crippen molar-refractivity contribution in [3.05, 3.63) is 0 Å². The second kappa shape index (κ2) is 50.4. The summed E-state index contributed by atoms with van der Waals surface area (Å²) < 4.78 is 23.8. The number of nitrogens with zero attached hydrogens (tertiary/aromatic N) is 1. The Hall–Kier alpha value is -0.500. The molecule has 0 saturated carbocycles. The molecule has 8 nitrogen and oxygen atoms in total. The van der Waals surface area contributed by atoms with Gasteiger partial charge in [0.15, 0.2) is 0 Å². The Balaban J connectivity index is 3.99. The maximum absolute atomic E-state index is 13.0. The Labute approximate surface area is 419 Å². The minimum absolute atomic E-state index is 0.0790. The van der Waals surface area contributed by atoms with Crippen molar-refractivity contribution in [1.29, 1.82) is 0 Å². The Bertz CT molecular complexity index is 1060. The third kappa shape index (κ3) is 53.1. The molecule has 0 saturated heterocycles. The fraction of sp³-hybridized carbons (Fsp3) is 0.983. The van der Waals surface area contributed by atoms with Crippen LogP contribution in [0.2, 0.25) is 0 Å². The normalized spacial score (nSPS) is 13.8. The van der Waals surface area contributed by atoms with E-state index in [1.807, 2.05) is 21.1 Å². The summed E-state index contributed by atoms with van der Waals surface area (Å²) >= 11 is 0. The van der Waals surface area contributed by atoms with Crippen molar-refractivity contribution < 1.29 is 32.9 Å². The van der Waals surface area contributed by atoms with Crippen molar-refractivity contribution in [2.75, 3.05) is 40.9 Å². The van der Waals surface area contributed by atoms with E-state index in [9.17, 15) is 19.4 Å². The Kier molecular flexibility index (Phi) is 50.1. The molecule has 0 aliphatic carbocycles. The first kappa shape index (κ1) is 66.5. The molecule has 0 heterocycles. The van der Waals surface area contributed by atoms with E-state index in [0.29, 0.717) is 23.9 Å². The molecular weight excluding hydrogens is 852 g/mol. The summed E-state index contributed by atoms with van der Waals surface area (Å²) in [5.74, 6) is -0.136. The van der Waals surface area contributed by atoms with Crippen LogP contribution in [0.5, 0.6) is 0 Å². The molecule has 402 valence electrons. The van der Waals surface area contributed by atoms with Crippen LogP contribution >= 0.6 is 7.82 Å². The number of carbonyl (C=O) groups is 1. The molecule has 0 aromatic rings. The second-order valence-electron chi connectivity index (χ2n) is 22.1.